The lowest BCUT2D eigenvalue weighted by atomic mass is 10.1. The van der Waals surface area contributed by atoms with Crippen LogP contribution >= 0.6 is 0 Å². The molecule has 0 radical (unpaired) electrons. The molecule has 2 N–H and O–H groups in total. The van der Waals surface area contributed by atoms with Gasteiger partial charge in [0.1, 0.15) is 5.75 Å². The van der Waals surface area contributed by atoms with E-state index in [-0.39, 0.29) is 18.6 Å². The molecule has 1 fully saturated rings. The van der Waals surface area contributed by atoms with E-state index in [1.807, 2.05) is 25.1 Å². The molecule has 5 nitrogen and oxygen atoms in total. The average Bonchev–Trinajstić information content (AvgIpc) is 2.55. The zero-order valence-corrected chi connectivity index (χ0v) is 13.9. The minimum atomic E-state index is -2.31. The highest BCUT2D eigenvalue weighted by Gasteiger charge is 2.22. The highest BCUT2D eigenvalue weighted by Crippen LogP contribution is 2.24. The topological polar surface area (TPSA) is 53.6 Å². The molecule has 0 spiro atoms. The molecular formula is C17H25F2N3O2. The Bertz CT molecular complexity index is 520. The van der Waals surface area contributed by atoms with Gasteiger partial charge in [-0.2, -0.15) is 0 Å². The van der Waals surface area contributed by atoms with Gasteiger partial charge < -0.3 is 15.4 Å². The van der Waals surface area contributed by atoms with Crippen LogP contribution < -0.4 is 15.4 Å². The Morgan fingerprint density at radius 2 is 2.04 bits per heavy atom. The number of piperidine rings is 1. The fourth-order valence-corrected chi connectivity index (χ4v) is 2.71. The number of hydrogen-bond donors (Lipinski definition) is 2. The van der Waals surface area contributed by atoms with Gasteiger partial charge in [0, 0.05) is 19.1 Å². The van der Waals surface area contributed by atoms with Crippen molar-refractivity contribution >= 4 is 11.7 Å². The summed E-state index contributed by atoms with van der Waals surface area (Å²) < 4.78 is 30.3. The lowest BCUT2D eigenvalue weighted by Gasteiger charge is -2.32. The predicted molar refractivity (Wildman–Crippen MR) is 89.8 cm³/mol. The lowest BCUT2D eigenvalue weighted by Crippen LogP contribution is -2.46. The number of alkyl halides is 2. The SMILES string of the molecule is CCCOc1ccccc1NC(=O)NC1CCN(CC(F)F)CC1. The molecule has 24 heavy (non-hydrogen) atoms. The first-order chi connectivity index (χ1) is 11.6. The fraction of sp³-hybridized carbons (Fsp3) is 0.588. The van der Waals surface area contributed by atoms with Crippen molar-refractivity contribution in [1.29, 1.82) is 0 Å². The summed E-state index contributed by atoms with van der Waals surface area (Å²) in [5.74, 6) is 0.640. The number of benzene rings is 1. The molecule has 2 amide bonds. The maximum absolute atomic E-state index is 12.4. The maximum atomic E-state index is 12.4. The van der Waals surface area contributed by atoms with Gasteiger partial charge in [-0.1, -0.05) is 19.1 Å². The Morgan fingerprint density at radius 1 is 1.33 bits per heavy atom. The molecule has 1 saturated heterocycles. The number of anilines is 1. The summed E-state index contributed by atoms with van der Waals surface area (Å²) in [5.41, 5.74) is 0.624. The monoisotopic (exact) mass is 341 g/mol. The van der Waals surface area contributed by atoms with Crippen LogP contribution in [0.4, 0.5) is 19.3 Å². The lowest BCUT2D eigenvalue weighted by molar-refractivity contribution is 0.0739. The molecule has 0 atom stereocenters. The van der Waals surface area contributed by atoms with Gasteiger partial charge in [-0.15, -0.1) is 0 Å². The Labute approximate surface area is 141 Å². The van der Waals surface area contributed by atoms with Crippen LogP contribution in [0.15, 0.2) is 24.3 Å². The number of para-hydroxylation sites is 2. The summed E-state index contributed by atoms with van der Waals surface area (Å²) in [5, 5.41) is 5.71. The number of likely N-dealkylation sites (tertiary alicyclic amines) is 1. The average molecular weight is 341 g/mol. The van der Waals surface area contributed by atoms with E-state index in [2.05, 4.69) is 10.6 Å². The van der Waals surface area contributed by atoms with E-state index in [0.29, 0.717) is 44.0 Å². The van der Waals surface area contributed by atoms with Gasteiger partial charge >= 0.3 is 6.03 Å². The minimum Gasteiger partial charge on any atom is -0.491 e. The number of ether oxygens (including phenoxy) is 1. The molecule has 134 valence electrons. The maximum Gasteiger partial charge on any atom is 0.319 e. The number of carbonyl (C=O) groups is 1. The normalized spacial score (nSPS) is 16.2. The Morgan fingerprint density at radius 3 is 2.71 bits per heavy atom. The van der Waals surface area contributed by atoms with E-state index >= 15 is 0 Å². The first kappa shape index (κ1) is 18.4. The highest BCUT2D eigenvalue weighted by atomic mass is 19.3. The van der Waals surface area contributed by atoms with E-state index in [1.165, 1.54) is 0 Å². The second-order valence-corrected chi connectivity index (χ2v) is 5.91. The van der Waals surface area contributed by atoms with Crippen molar-refractivity contribution in [2.24, 2.45) is 0 Å². The number of amides is 2. The highest BCUT2D eigenvalue weighted by molar-refractivity contribution is 5.91. The zero-order valence-electron chi connectivity index (χ0n) is 13.9. The summed E-state index contributed by atoms with van der Waals surface area (Å²) in [4.78, 5) is 13.9. The Kier molecular flexibility index (Phi) is 7.24. The summed E-state index contributed by atoms with van der Waals surface area (Å²) in [6.07, 6.45) is -0.0719. The third kappa shape index (κ3) is 5.96. The van der Waals surface area contributed by atoms with Crippen LogP contribution in [0.25, 0.3) is 0 Å². The van der Waals surface area contributed by atoms with Gasteiger partial charge in [-0.25, -0.2) is 13.6 Å². The van der Waals surface area contributed by atoms with Gasteiger partial charge in [0.05, 0.1) is 18.8 Å². The molecule has 1 aromatic carbocycles. The van der Waals surface area contributed by atoms with Crippen molar-refractivity contribution in [3.63, 3.8) is 0 Å². The number of nitrogens with zero attached hydrogens (tertiary/aromatic N) is 1. The van der Waals surface area contributed by atoms with E-state index in [1.54, 1.807) is 11.0 Å². The molecule has 0 aliphatic carbocycles. The van der Waals surface area contributed by atoms with E-state index in [4.69, 9.17) is 4.74 Å². The number of hydrogen-bond acceptors (Lipinski definition) is 3. The number of nitrogens with one attached hydrogen (secondary N) is 2. The number of halogens is 2. The summed E-state index contributed by atoms with van der Waals surface area (Å²) in [6.45, 7) is 3.56. The van der Waals surface area contributed by atoms with Crippen LogP contribution in [0.2, 0.25) is 0 Å². The summed E-state index contributed by atoms with van der Waals surface area (Å²) in [7, 11) is 0. The molecule has 1 aromatic rings. The molecule has 1 heterocycles. The smallest absolute Gasteiger partial charge is 0.319 e. The predicted octanol–water partition coefficient (Wildman–Crippen LogP) is 3.33. The minimum absolute atomic E-state index is 0.00245. The molecule has 7 heteroatoms. The molecule has 0 bridgehead atoms. The van der Waals surface area contributed by atoms with Crippen molar-refractivity contribution in [1.82, 2.24) is 10.2 Å². The molecule has 1 aliphatic heterocycles. The van der Waals surface area contributed by atoms with Crippen LogP contribution in [0.3, 0.4) is 0 Å². The largest absolute Gasteiger partial charge is 0.491 e. The van der Waals surface area contributed by atoms with Crippen LogP contribution in [-0.2, 0) is 0 Å². The van der Waals surface area contributed by atoms with Crippen LogP contribution in [-0.4, -0.2) is 49.6 Å². The molecular weight excluding hydrogens is 316 g/mol. The van der Waals surface area contributed by atoms with Crippen LogP contribution in [0.5, 0.6) is 5.75 Å². The van der Waals surface area contributed by atoms with E-state index < -0.39 is 6.43 Å². The second kappa shape index (κ2) is 9.42. The van der Waals surface area contributed by atoms with Crippen LogP contribution in [0.1, 0.15) is 26.2 Å². The van der Waals surface area contributed by atoms with Crippen molar-refractivity contribution in [3.05, 3.63) is 24.3 Å². The number of urea groups is 1. The van der Waals surface area contributed by atoms with E-state index in [9.17, 15) is 13.6 Å². The fourth-order valence-electron chi connectivity index (χ4n) is 2.71. The molecule has 0 unspecified atom stereocenters. The van der Waals surface area contributed by atoms with Crippen molar-refractivity contribution < 1.29 is 18.3 Å². The van der Waals surface area contributed by atoms with Gasteiger partial charge in [0.25, 0.3) is 6.43 Å². The van der Waals surface area contributed by atoms with Crippen molar-refractivity contribution in [2.75, 3.05) is 31.6 Å². The number of carbonyl (C=O) groups excluding carboxylic acids is 1. The first-order valence-electron chi connectivity index (χ1n) is 8.38. The third-order valence-corrected chi connectivity index (χ3v) is 3.92. The third-order valence-electron chi connectivity index (χ3n) is 3.92. The zero-order chi connectivity index (χ0) is 17.4. The van der Waals surface area contributed by atoms with Gasteiger partial charge in [-0.05, 0) is 31.4 Å². The van der Waals surface area contributed by atoms with Crippen molar-refractivity contribution in [3.8, 4) is 5.75 Å². The van der Waals surface area contributed by atoms with Crippen LogP contribution in [0, 0.1) is 0 Å². The van der Waals surface area contributed by atoms with Gasteiger partial charge in [-0.3, -0.25) is 4.90 Å². The van der Waals surface area contributed by atoms with Gasteiger partial charge in [0.2, 0.25) is 0 Å². The Balaban J connectivity index is 1.80. The standard InChI is InChI=1S/C17H25F2N3O2/c1-2-11-24-15-6-4-3-5-14(15)21-17(23)20-13-7-9-22(10-8-13)12-16(18)19/h3-6,13,16H,2,7-12H2,1H3,(H2,20,21,23). The quantitative estimate of drug-likeness (QED) is 0.800. The van der Waals surface area contributed by atoms with Gasteiger partial charge in [0.15, 0.2) is 0 Å². The van der Waals surface area contributed by atoms with Crippen molar-refractivity contribution in [2.45, 2.75) is 38.7 Å². The Hall–Kier alpha value is -1.89. The molecule has 2 rings (SSSR count). The molecule has 1 aliphatic rings. The molecule has 0 aromatic heterocycles. The second-order valence-electron chi connectivity index (χ2n) is 5.91. The first-order valence-corrected chi connectivity index (χ1v) is 8.38. The molecule has 0 saturated carbocycles. The van der Waals surface area contributed by atoms with E-state index in [0.717, 1.165) is 6.42 Å². The summed E-state index contributed by atoms with van der Waals surface area (Å²) >= 11 is 0. The number of rotatable bonds is 7. The summed E-state index contributed by atoms with van der Waals surface area (Å²) in [6, 6.07) is 6.99.